The molecule has 8 nitrogen and oxygen atoms in total. The van der Waals surface area contributed by atoms with E-state index in [9.17, 15) is 19.2 Å². The van der Waals surface area contributed by atoms with Gasteiger partial charge in [0.05, 0.1) is 0 Å². The second-order valence-corrected chi connectivity index (χ2v) is 8.78. The van der Waals surface area contributed by atoms with Crippen LogP contribution in [0.4, 0.5) is 0 Å². The van der Waals surface area contributed by atoms with Crippen molar-refractivity contribution in [2.75, 3.05) is 23.5 Å². The lowest BCUT2D eigenvalue weighted by Gasteiger charge is -2.28. The van der Waals surface area contributed by atoms with Crippen molar-refractivity contribution in [1.29, 1.82) is 0 Å². The average molecular weight is 364 g/mol. The molecule has 0 saturated heterocycles. The first kappa shape index (κ1) is 19.9. The van der Waals surface area contributed by atoms with E-state index in [1.54, 1.807) is 0 Å². The Morgan fingerprint density at radius 3 is 1.00 bits per heavy atom. The monoisotopic (exact) mass is 364 g/mol. The first-order valence-corrected chi connectivity index (χ1v) is 8.89. The quantitative estimate of drug-likeness (QED) is 0.292. The Balaban J connectivity index is 4.99. The van der Waals surface area contributed by atoms with Gasteiger partial charge < -0.3 is 0 Å². The number of hydrogen-bond donors (Lipinski definition) is 0. The Kier molecular flexibility index (Phi) is 13.2. The molecule has 21 heavy (non-hydrogen) atoms. The van der Waals surface area contributed by atoms with Crippen LogP contribution in [0, 0.1) is 0 Å². The zero-order valence-electron chi connectivity index (χ0n) is 10.4. The summed E-state index contributed by atoms with van der Waals surface area (Å²) in [5, 5.41) is 0. The van der Waals surface area contributed by atoms with E-state index in [0.29, 0.717) is 0 Å². The molecule has 0 heterocycles. The standard InChI is InChI=1S/C9H8N4O4S4/c14-1-10-5-18-9(19-6-11-2-15,20-7-12-3-16)21-8-13-4-17/h5-8H2. The predicted molar refractivity (Wildman–Crippen MR) is 85.0 cm³/mol. The Morgan fingerprint density at radius 2 is 0.810 bits per heavy atom. The molecular weight excluding hydrogens is 356 g/mol. The SMILES string of the molecule is O=C=NCSC(SCN=C=O)(SCN=C=O)SCN=C=O. The highest BCUT2D eigenvalue weighted by Gasteiger charge is 2.33. The first-order chi connectivity index (χ1) is 10.2. The maximum absolute atomic E-state index is 10.1. The number of thioether (sulfide) groups is 4. The molecule has 0 aliphatic heterocycles. The Hall–Kier alpha value is -1.08. The topological polar surface area (TPSA) is 118 Å². The number of hydrogen-bond acceptors (Lipinski definition) is 12. The lowest BCUT2D eigenvalue weighted by Crippen LogP contribution is -2.13. The van der Waals surface area contributed by atoms with Crippen LogP contribution in [0.2, 0.25) is 0 Å². The maximum atomic E-state index is 10.1. The Labute approximate surface area is 136 Å². The fourth-order valence-corrected chi connectivity index (χ4v) is 5.80. The van der Waals surface area contributed by atoms with Gasteiger partial charge in [0, 0.05) is 0 Å². The Bertz CT molecular complexity index is 412. The highest BCUT2D eigenvalue weighted by Crippen LogP contribution is 2.55. The van der Waals surface area contributed by atoms with Gasteiger partial charge in [-0.1, -0.05) is 47.0 Å². The van der Waals surface area contributed by atoms with Gasteiger partial charge >= 0.3 is 0 Å². The minimum atomic E-state index is -0.721. The van der Waals surface area contributed by atoms with Crippen molar-refractivity contribution in [3.05, 3.63) is 0 Å². The summed E-state index contributed by atoms with van der Waals surface area (Å²) >= 11 is 4.94. The number of carbonyl (C=O) groups excluding carboxylic acids is 4. The molecule has 0 spiro atoms. The molecule has 0 saturated carbocycles. The van der Waals surface area contributed by atoms with Crippen LogP contribution >= 0.6 is 47.0 Å². The first-order valence-electron chi connectivity index (χ1n) is 4.95. The molecule has 0 aliphatic rings. The summed E-state index contributed by atoms with van der Waals surface area (Å²) in [5.41, 5.74) is 0. The van der Waals surface area contributed by atoms with Crippen LogP contribution in [0.15, 0.2) is 20.0 Å². The van der Waals surface area contributed by atoms with Crippen LogP contribution in [-0.2, 0) is 19.2 Å². The van der Waals surface area contributed by atoms with Crippen molar-refractivity contribution in [3.8, 4) is 0 Å². The molecule has 0 N–H and O–H groups in total. The molecule has 0 unspecified atom stereocenters. The van der Waals surface area contributed by atoms with Crippen molar-refractivity contribution in [3.63, 3.8) is 0 Å². The Morgan fingerprint density at radius 1 is 0.571 bits per heavy atom. The smallest absolute Gasteiger partial charge is 0.211 e. The summed E-state index contributed by atoms with van der Waals surface area (Å²) in [6.07, 6.45) is 5.64. The molecular formula is C9H8N4O4S4. The lowest BCUT2D eigenvalue weighted by molar-refractivity contribution is 0.563. The molecule has 112 valence electrons. The molecule has 0 aromatic rings. The van der Waals surface area contributed by atoms with Gasteiger partial charge in [-0.3, -0.25) is 0 Å². The predicted octanol–water partition coefficient (Wildman–Crippen LogP) is 1.70. The number of nitrogens with zero attached hydrogens (tertiary/aromatic N) is 4. The molecule has 12 heteroatoms. The van der Waals surface area contributed by atoms with Crippen LogP contribution < -0.4 is 0 Å². The van der Waals surface area contributed by atoms with Crippen molar-refractivity contribution < 1.29 is 19.2 Å². The van der Waals surface area contributed by atoms with Gasteiger partial charge in [0.15, 0.2) is 2.74 Å². The van der Waals surface area contributed by atoms with Crippen molar-refractivity contribution in [2.24, 2.45) is 20.0 Å². The summed E-state index contributed by atoms with van der Waals surface area (Å²) in [5.74, 6) is 0.432. The summed E-state index contributed by atoms with van der Waals surface area (Å²) in [7, 11) is 0. The molecule has 0 aromatic heterocycles. The van der Waals surface area contributed by atoms with E-state index in [2.05, 4.69) is 20.0 Å². The van der Waals surface area contributed by atoms with Gasteiger partial charge in [0.1, 0.15) is 23.5 Å². The number of isocyanates is 4. The van der Waals surface area contributed by atoms with E-state index in [1.807, 2.05) is 0 Å². The van der Waals surface area contributed by atoms with Gasteiger partial charge in [-0.25, -0.2) is 19.2 Å². The third-order valence-corrected chi connectivity index (χ3v) is 8.17. The van der Waals surface area contributed by atoms with E-state index in [1.165, 1.54) is 71.4 Å². The number of rotatable bonds is 12. The van der Waals surface area contributed by atoms with Gasteiger partial charge in [0.25, 0.3) is 0 Å². The van der Waals surface area contributed by atoms with Crippen LogP contribution in [0.5, 0.6) is 0 Å². The fraction of sp³-hybridized carbons (Fsp3) is 0.556. The third-order valence-electron chi connectivity index (χ3n) is 1.48. The third kappa shape index (κ3) is 10.3. The van der Waals surface area contributed by atoms with Crippen LogP contribution in [-0.4, -0.2) is 50.6 Å². The largest absolute Gasteiger partial charge is 0.235 e. The normalized spacial score (nSPS) is 11.8. The van der Waals surface area contributed by atoms with Gasteiger partial charge in [-0.15, -0.1) is 0 Å². The van der Waals surface area contributed by atoms with Crippen LogP contribution in [0.3, 0.4) is 0 Å². The summed E-state index contributed by atoms with van der Waals surface area (Å²) < 4.78 is -0.721. The molecule has 0 fully saturated rings. The lowest BCUT2D eigenvalue weighted by atomic mass is 11.4. The fourth-order valence-electron chi connectivity index (χ4n) is 0.801. The van der Waals surface area contributed by atoms with E-state index < -0.39 is 2.74 Å². The van der Waals surface area contributed by atoms with Gasteiger partial charge in [-0.2, -0.15) is 20.0 Å². The van der Waals surface area contributed by atoms with Gasteiger partial charge in [-0.05, 0) is 0 Å². The molecule has 0 atom stereocenters. The minimum absolute atomic E-state index is 0.108. The van der Waals surface area contributed by atoms with Crippen molar-refractivity contribution in [1.82, 2.24) is 0 Å². The van der Waals surface area contributed by atoms with E-state index in [4.69, 9.17) is 0 Å². The van der Waals surface area contributed by atoms with Crippen LogP contribution in [0.1, 0.15) is 0 Å². The average Bonchev–Trinajstić information content (AvgIpc) is 2.48. The summed E-state index contributed by atoms with van der Waals surface area (Å²) in [6, 6.07) is 0. The number of aliphatic imine (C=N–C) groups is 4. The molecule has 0 radical (unpaired) electrons. The van der Waals surface area contributed by atoms with Gasteiger partial charge in [0.2, 0.25) is 24.3 Å². The maximum Gasteiger partial charge on any atom is 0.235 e. The van der Waals surface area contributed by atoms with E-state index in [-0.39, 0.29) is 23.5 Å². The molecule has 0 aromatic carbocycles. The van der Waals surface area contributed by atoms with Crippen LogP contribution in [0.25, 0.3) is 0 Å². The highest BCUT2D eigenvalue weighted by atomic mass is 32.3. The molecule has 0 amide bonds. The zero-order valence-corrected chi connectivity index (χ0v) is 13.6. The zero-order chi connectivity index (χ0) is 15.8. The van der Waals surface area contributed by atoms with E-state index in [0.717, 1.165) is 0 Å². The summed E-state index contributed by atoms with van der Waals surface area (Å²) in [4.78, 5) is 54.3. The van der Waals surface area contributed by atoms with E-state index >= 15 is 0 Å². The molecule has 0 aliphatic carbocycles. The summed E-state index contributed by atoms with van der Waals surface area (Å²) in [6.45, 7) is 0. The van der Waals surface area contributed by atoms with Crippen molar-refractivity contribution >= 4 is 71.4 Å². The molecule has 0 rings (SSSR count). The highest BCUT2D eigenvalue weighted by molar-refractivity contribution is 8.47. The van der Waals surface area contributed by atoms with Crippen molar-refractivity contribution in [2.45, 2.75) is 2.74 Å². The second kappa shape index (κ2) is 13.9. The minimum Gasteiger partial charge on any atom is -0.211 e. The second-order valence-electron chi connectivity index (χ2n) is 2.59. The molecule has 0 bridgehead atoms.